The minimum Gasteiger partial charge on any atom is -0.449 e. The molecular weight excluding hydrogens is 446 g/mol. The molecule has 1 aromatic carbocycles. The Balaban J connectivity index is 1.56. The third-order valence-electron chi connectivity index (χ3n) is 5.25. The molecule has 1 saturated heterocycles. The smallest absolute Gasteiger partial charge is 0.409 e. The SMILES string of the molecule is CCCCOC(=O)N1CCN(C(=O)[C@H](C)NC(=O)c2cc(Cl)nc(-c3ccccc3)n2)CC1. The molecule has 9 nitrogen and oxygen atoms in total. The quantitative estimate of drug-likeness (QED) is 0.489. The van der Waals surface area contributed by atoms with Crippen LogP contribution in [0.4, 0.5) is 4.79 Å². The van der Waals surface area contributed by atoms with Crippen LogP contribution in [0, 0.1) is 0 Å². The van der Waals surface area contributed by atoms with Crippen LogP contribution in [-0.2, 0) is 9.53 Å². The maximum absolute atomic E-state index is 12.8. The third kappa shape index (κ3) is 6.64. The summed E-state index contributed by atoms with van der Waals surface area (Å²) in [5, 5.41) is 2.82. The summed E-state index contributed by atoms with van der Waals surface area (Å²) < 4.78 is 5.22. The number of nitrogens with zero attached hydrogens (tertiary/aromatic N) is 4. The molecule has 0 spiro atoms. The number of hydrogen-bond acceptors (Lipinski definition) is 6. The van der Waals surface area contributed by atoms with Gasteiger partial charge in [-0.05, 0) is 13.3 Å². The van der Waals surface area contributed by atoms with E-state index in [1.54, 1.807) is 16.7 Å². The largest absolute Gasteiger partial charge is 0.449 e. The highest BCUT2D eigenvalue weighted by atomic mass is 35.5. The first-order valence-electron chi connectivity index (χ1n) is 11.0. The van der Waals surface area contributed by atoms with Gasteiger partial charge in [0.25, 0.3) is 5.91 Å². The molecule has 1 aliphatic rings. The summed E-state index contributed by atoms with van der Waals surface area (Å²) >= 11 is 6.10. The monoisotopic (exact) mass is 473 g/mol. The molecule has 10 heteroatoms. The van der Waals surface area contributed by atoms with E-state index in [0.717, 1.165) is 18.4 Å². The molecule has 2 heterocycles. The first-order valence-corrected chi connectivity index (χ1v) is 11.4. The zero-order chi connectivity index (χ0) is 23.8. The van der Waals surface area contributed by atoms with E-state index >= 15 is 0 Å². The maximum atomic E-state index is 12.8. The van der Waals surface area contributed by atoms with Gasteiger partial charge < -0.3 is 19.9 Å². The van der Waals surface area contributed by atoms with E-state index in [9.17, 15) is 14.4 Å². The van der Waals surface area contributed by atoms with Crippen LogP contribution in [0.1, 0.15) is 37.2 Å². The molecule has 0 saturated carbocycles. The van der Waals surface area contributed by atoms with Crippen LogP contribution < -0.4 is 5.32 Å². The number of piperazine rings is 1. The number of amides is 3. The van der Waals surface area contributed by atoms with Gasteiger partial charge in [0.15, 0.2) is 5.82 Å². The molecule has 3 amide bonds. The number of carbonyl (C=O) groups is 3. The molecule has 1 fully saturated rings. The molecule has 0 bridgehead atoms. The van der Waals surface area contributed by atoms with Gasteiger partial charge >= 0.3 is 6.09 Å². The number of hydrogen-bond donors (Lipinski definition) is 1. The van der Waals surface area contributed by atoms with Gasteiger partial charge in [0.1, 0.15) is 16.9 Å². The molecule has 0 aliphatic carbocycles. The number of unbranched alkanes of at least 4 members (excludes halogenated alkanes) is 1. The van der Waals surface area contributed by atoms with Crippen molar-refractivity contribution in [3.63, 3.8) is 0 Å². The van der Waals surface area contributed by atoms with Crippen LogP contribution in [0.15, 0.2) is 36.4 Å². The van der Waals surface area contributed by atoms with E-state index in [0.29, 0.717) is 38.6 Å². The molecule has 3 rings (SSSR count). The Labute approximate surface area is 198 Å². The molecule has 1 aromatic heterocycles. The van der Waals surface area contributed by atoms with Crippen LogP contribution in [0.3, 0.4) is 0 Å². The molecule has 1 aliphatic heterocycles. The average molecular weight is 474 g/mol. The van der Waals surface area contributed by atoms with Crippen molar-refractivity contribution < 1.29 is 19.1 Å². The fourth-order valence-corrected chi connectivity index (χ4v) is 3.54. The van der Waals surface area contributed by atoms with E-state index in [1.165, 1.54) is 6.07 Å². The van der Waals surface area contributed by atoms with E-state index in [2.05, 4.69) is 15.3 Å². The molecular formula is C23H28ClN5O4. The number of rotatable bonds is 7. The lowest BCUT2D eigenvalue weighted by atomic mass is 10.2. The Kier molecular flexibility index (Phi) is 8.59. The number of halogens is 1. The van der Waals surface area contributed by atoms with E-state index in [4.69, 9.17) is 16.3 Å². The Morgan fingerprint density at radius 2 is 1.76 bits per heavy atom. The number of benzene rings is 1. The van der Waals surface area contributed by atoms with Crippen LogP contribution in [-0.4, -0.2) is 76.5 Å². The van der Waals surface area contributed by atoms with E-state index in [1.807, 2.05) is 37.3 Å². The van der Waals surface area contributed by atoms with Gasteiger partial charge in [-0.1, -0.05) is 55.3 Å². The Hall–Kier alpha value is -3.20. The topological polar surface area (TPSA) is 105 Å². The first-order chi connectivity index (χ1) is 15.9. The molecule has 0 radical (unpaired) electrons. The Morgan fingerprint density at radius 1 is 1.09 bits per heavy atom. The highest BCUT2D eigenvalue weighted by molar-refractivity contribution is 6.29. The summed E-state index contributed by atoms with van der Waals surface area (Å²) in [5.41, 5.74) is 0.803. The highest BCUT2D eigenvalue weighted by Gasteiger charge is 2.28. The molecule has 176 valence electrons. The van der Waals surface area contributed by atoms with Gasteiger partial charge in [0.2, 0.25) is 5.91 Å². The highest BCUT2D eigenvalue weighted by Crippen LogP contribution is 2.18. The summed E-state index contributed by atoms with van der Waals surface area (Å²) in [6, 6.07) is 9.77. The summed E-state index contributed by atoms with van der Waals surface area (Å²) in [6.45, 7) is 5.57. The Morgan fingerprint density at radius 3 is 2.42 bits per heavy atom. The number of nitrogens with one attached hydrogen (secondary N) is 1. The lowest BCUT2D eigenvalue weighted by molar-refractivity contribution is -0.134. The van der Waals surface area contributed by atoms with Crippen molar-refractivity contribution in [3.8, 4) is 11.4 Å². The summed E-state index contributed by atoms with van der Waals surface area (Å²) in [7, 11) is 0. The van der Waals surface area contributed by atoms with Crippen molar-refractivity contribution in [2.24, 2.45) is 0 Å². The molecule has 33 heavy (non-hydrogen) atoms. The summed E-state index contributed by atoms with van der Waals surface area (Å²) in [6.07, 6.45) is 1.42. The number of carbonyl (C=O) groups excluding carboxylic acids is 3. The second-order valence-electron chi connectivity index (χ2n) is 7.74. The predicted molar refractivity (Wildman–Crippen MR) is 124 cm³/mol. The third-order valence-corrected chi connectivity index (χ3v) is 5.44. The normalized spacial score (nSPS) is 14.5. The van der Waals surface area contributed by atoms with Crippen molar-refractivity contribution in [1.82, 2.24) is 25.1 Å². The molecule has 2 aromatic rings. The van der Waals surface area contributed by atoms with Gasteiger partial charge in [-0.25, -0.2) is 14.8 Å². The minimum atomic E-state index is -0.769. The van der Waals surface area contributed by atoms with Crippen LogP contribution >= 0.6 is 11.6 Å². The van der Waals surface area contributed by atoms with Gasteiger partial charge in [-0.2, -0.15) is 0 Å². The van der Waals surface area contributed by atoms with Crippen molar-refractivity contribution in [2.45, 2.75) is 32.7 Å². The minimum absolute atomic E-state index is 0.0770. The molecule has 1 N–H and O–H groups in total. The van der Waals surface area contributed by atoms with Crippen LogP contribution in [0.25, 0.3) is 11.4 Å². The molecule has 1 atom stereocenters. The van der Waals surface area contributed by atoms with Gasteiger partial charge in [-0.3, -0.25) is 9.59 Å². The second-order valence-corrected chi connectivity index (χ2v) is 8.13. The number of aromatic nitrogens is 2. The van der Waals surface area contributed by atoms with Gasteiger partial charge in [-0.15, -0.1) is 0 Å². The van der Waals surface area contributed by atoms with Crippen molar-refractivity contribution >= 4 is 29.5 Å². The van der Waals surface area contributed by atoms with Crippen molar-refractivity contribution in [2.75, 3.05) is 32.8 Å². The second kappa shape index (κ2) is 11.6. The first kappa shape index (κ1) is 24.4. The maximum Gasteiger partial charge on any atom is 0.409 e. The zero-order valence-electron chi connectivity index (χ0n) is 18.8. The van der Waals surface area contributed by atoms with Gasteiger partial charge in [0.05, 0.1) is 6.61 Å². The zero-order valence-corrected chi connectivity index (χ0v) is 19.5. The summed E-state index contributed by atoms with van der Waals surface area (Å²) in [4.78, 5) is 49.3. The lowest BCUT2D eigenvalue weighted by Crippen LogP contribution is -2.55. The molecule has 0 unspecified atom stereocenters. The average Bonchev–Trinajstić information content (AvgIpc) is 2.83. The van der Waals surface area contributed by atoms with Crippen LogP contribution in [0.2, 0.25) is 5.15 Å². The summed E-state index contributed by atoms with van der Waals surface area (Å²) in [5.74, 6) is -0.421. The standard InChI is InChI=1S/C23H28ClN5O4/c1-3-4-14-33-23(32)29-12-10-28(11-13-29)22(31)16(2)25-21(30)18-15-19(24)27-20(26-18)17-8-6-5-7-9-17/h5-9,15-16H,3-4,10-14H2,1-2H3,(H,25,30)/t16-/m0/s1. The fourth-order valence-electron chi connectivity index (χ4n) is 3.36. The van der Waals surface area contributed by atoms with E-state index < -0.39 is 11.9 Å². The number of ether oxygens (including phenoxy) is 1. The van der Waals surface area contributed by atoms with E-state index in [-0.39, 0.29) is 22.8 Å². The van der Waals surface area contributed by atoms with Crippen molar-refractivity contribution in [1.29, 1.82) is 0 Å². The van der Waals surface area contributed by atoms with Crippen molar-refractivity contribution in [3.05, 3.63) is 47.2 Å². The Bertz CT molecular complexity index is 980. The fraction of sp³-hybridized carbons (Fsp3) is 0.435. The van der Waals surface area contributed by atoms with Crippen LogP contribution in [0.5, 0.6) is 0 Å². The lowest BCUT2D eigenvalue weighted by Gasteiger charge is -2.35. The van der Waals surface area contributed by atoms with Gasteiger partial charge in [0, 0.05) is 37.8 Å². The predicted octanol–water partition coefficient (Wildman–Crippen LogP) is 3.00.